The van der Waals surface area contributed by atoms with Crippen LogP contribution in [0.4, 0.5) is 0 Å². The molecule has 0 aliphatic rings. The molecule has 0 heterocycles. The summed E-state index contributed by atoms with van der Waals surface area (Å²) in [5.74, 6) is -4.98. The molecule has 12 heteroatoms. The average Bonchev–Trinajstić information content (AvgIpc) is 2.48. The van der Waals surface area contributed by atoms with Gasteiger partial charge in [0.2, 0.25) is 17.7 Å². The number of aliphatic carboxylic acids is 2. The Bertz CT molecular complexity index is 529. The molecule has 0 aromatic rings. The first-order valence-corrected chi connectivity index (χ1v) is 8.56. The molecule has 0 saturated carbocycles. The molecule has 0 aliphatic carbocycles. The molecular weight excluding hydrogens is 356 g/mol. The van der Waals surface area contributed by atoms with Crippen LogP contribution in [-0.2, 0) is 24.0 Å². The summed E-state index contributed by atoms with van der Waals surface area (Å²) < 4.78 is 0. The summed E-state index contributed by atoms with van der Waals surface area (Å²) in [6.45, 7) is 0. The van der Waals surface area contributed by atoms with Gasteiger partial charge in [0.25, 0.3) is 0 Å². The minimum Gasteiger partial charge on any atom is -0.481 e. The topological polar surface area (TPSA) is 202 Å². The zero-order valence-electron chi connectivity index (χ0n) is 13.6. The standard InChI is InChI=1S/C13H22N4O7S/c1-25-3-2-7(13(23)24)16-12(22)8(5-10(19)20)17-11(21)6(14)4-9(15)18/h6-8H,2-5,14H2,1H3,(H2,15,18)(H,16,22)(H,17,21)(H,19,20)(H,23,24). The zero-order chi connectivity index (χ0) is 19.6. The molecule has 0 saturated heterocycles. The highest BCUT2D eigenvalue weighted by atomic mass is 32.2. The van der Waals surface area contributed by atoms with E-state index in [1.165, 1.54) is 11.8 Å². The molecule has 0 rings (SSSR count). The number of primary amides is 1. The number of carboxylic acids is 2. The summed E-state index contributed by atoms with van der Waals surface area (Å²) in [5.41, 5.74) is 10.3. The fourth-order valence-electron chi connectivity index (χ4n) is 1.74. The van der Waals surface area contributed by atoms with Gasteiger partial charge in [-0.3, -0.25) is 19.2 Å². The maximum atomic E-state index is 12.1. The second-order valence-corrected chi connectivity index (χ2v) is 6.10. The summed E-state index contributed by atoms with van der Waals surface area (Å²) in [6.07, 6.45) is 0.611. The Balaban J connectivity index is 5.01. The molecule has 11 nitrogen and oxygen atoms in total. The van der Waals surface area contributed by atoms with Gasteiger partial charge >= 0.3 is 11.9 Å². The molecule has 0 spiro atoms. The predicted octanol–water partition coefficient (Wildman–Crippen LogP) is -2.53. The zero-order valence-corrected chi connectivity index (χ0v) is 14.4. The summed E-state index contributed by atoms with van der Waals surface area (Å²) in [7, 11) is 0. The Morgan fingerprint density at radius 3 is 2.00 bits per heavy atom. The number of hydrogen-bond acceptors (Lipinski definition) is 7. The monoisotopic (exact) mass is 378 g/mol. The highest BCUT2D eigenvalue weighted by Crippen LogP contribution is 2.03. The van der Waals surface area contributed by atoms with E-state index in [2.05, 4.69) is 10.6 Å². The second-order valence-electron chi connectivity index (χ2n) is 5.12. The number of carbonyl (C=O) groups is 5. The first-order chi connectivity index (χ1) is 11.6. The molecule has 3 unspecified atom stereocenters. The van der Waals surface area contributed by atoms with Gasteiger partial charge in [0.15, 0.2) is 0 Å². The van der Waals surface area contributed by atoms with E-state index in [-0.39, 0.29) is 6.42 Å². The van der Waals surface area contributed by atoms with E-state index in [4.69, 9.17) is 21.7 Å². The third-order valence-corrected chi connectivity index (χ3v) is 3.64. The Labute approximate surface area is 147 Å². The minimum atomic E-state index is -1.54. The number of rotatable bonds is 12. The largest absolute Gasteiger partial charge is 0.481 e. The number of carboxylic acid groups (broad SMARTS) is 2. The van der Waals surface area contributed by atoms with Crippen molar-refractivity contribution in [1.29, 1.82) is 0 Å². The van der Waals surface area contributed by atoms with Gasteiger partial charge in [-0.15, -0.1) is 0 Å². The van der Waals surface area contributed by atoms with Crippen molar-refractivity contribution in [3.8, 4) is 0 Å². The number of thioether (sulfide) groups is 1. The van der Waals surface area contributed by atoms with Crippen LogP contribution in [0, 0.1) is 0 Å². The molecule has 0 radical (unpaired) electrons. The van der Waals surface area contributed by atoms with Gasteiger partial charge in [-0.2, -0.15) is 11.8 Å². The lowest BCUT2D eigenvalue weighted by Gasteiger charge is -2.21. The van der Waals surface area contributed by atoms with Gasteiger partial charge in [0.1, 0.15) is 12.1 Å². The van der Waals surface area contributed by atoms with Crippen molar-refractivity contribution in [2.75, 3.05) is 12.0 Å². The molecule has 0 bridgehead atoms. The summed E-state index contributed by atoms with van der Waals surface area (Å²) in [4.78, 5) is 56.7. The summed E-state index contributed by atoms with van der Waals surface area (Å²) in [5, 5.41) is 22.2. The number of nitrogens with two attached hydrogens (primary N) is 2. The normalized spacial score (nSPS) is 14.0. The molecule has 0 aromatic carbocycles. The second kappa shape index (κ2) is 11.3. The van der Waals surface area contributed by atoms with Crippen LogP contribution in [0.1, 0.15) is 19.3 Å². The van der Waals surface area contributed by atoms with Crippen molar-refractivity contribution in [1.82, 2.24) is 10.6 Å². The van der Waals surface area contributed by atoms with Crippen LogP contribution in [0.5, 0.6) is 0 Å². The van der Waals surface area contributed by atoms with E-state index in [9.17, 15) is 24.0 Å². The Morgan fingerprint density at radius 1 is 1.00 bits per heavy atom. The van der Waals surface area contributed by atoms with Crippen LogP contribution in [0.15, 0.2) is 0 Å². The van der Waals surface area contributed by atoms with E-state index in [0.717, 1.165) is 0 Å². The lowest BCUT2D eigenvalue weighted by atomic mass is 10.1. The van der Waals surface area contributed by atoms with Gasteiger partial charge in [-0.25, -0.2) is 4.79 Å². The molecule has 142 valence electrons. The van der Waals surface area contributed by atoms with Crippen LogP contribution >= 0.6 is 11.8 Å². The minimum absolute atomic E-state index is 0.122. The molecule has 3 atom stereocenters. The van der Waals surface area contributed by atoms with Crippen LogP contribution in [0.2, 0.25) is 0 Å². The van der Waals surface area contributed by atoms with Crippen molar-refractivity contribution in [3.63, 3.8) is 0 Å². The third kappa shape index (κ3) is 9.52. The van der Waals surface area contributed by atoms with E-state index >= 15 is 0 Å². The lowest BCUT2D eigenvalue weighted by Crippen LogP contribution is -2.55. The predicted molar refractivity (Wildman–Crippen MR) is 88.5 cm³/mol. The van der Waals surface area contributed by atoms with E-state index < -0.39 is 60.6 Å². The molecule has 8 N–H and O–H groups in total. The number of hydrogen-bond donors (Lipinski definition) is 6. The summed E-state index contributed by atoms with van der Waals surface area (Å²) in [6, 6.07) is -4.12. The Hall–Kier alpha value is -2.34. The van der Waals surface area contributed by atoms with E-state index in [1.807, 2.05) is 0 Å². The number of nitrogens with one attached hydrogen (secondary N) is 2. The molecule has 0 aromatic heterocycles. The molecule has 3 amide bonds. The maximum absolute atomic E-state index is 12.1. The summed E-state index contributed by atoms with van der Waals surface area (Å²) >= 11 is 1.37. The fraction of sp³-hybridized carbons (Fsp3) is 0.615. The maximum Gasteiger partial charge on any atom is 0.326 e. The number of carbonyl (C=O) groups excluding carboxylic acids is 3. The molecular formula is C13H22N4O7S. The highest BCUT2D eigenvalue weighted by molar-refractivity contribution is 7.98. The van der Waals surface area contributed by atoms with Crippen molar-refractivity contribution in [2.24, 2.45) is 11.5 Å². The fourth-order valence-corrected chi connectivity index (χ4v) is 2.21. The van der Waals surface area contributed by atoms with E-state index in [0.29, 0.717) is 5.75 Å². The van der Waals surface area contributed by atoms with Crippen molar-refractivity contribution in [2.45, 2.75) is 37.4 Å². The van der Waals surface area contributed by atoms with Crippen molar-refractivity contribution in [3.05, 3.63) is 0 Å². The SMILES string of the molecule is CSCCC(NC(=O)C(CC(=O)O)NC(=O)C(N)CC(N)=O)C(=O)O. The van der Waals surface area contributed by atoms with Crippen LogP contribution in [0.25, 0.3) is 0 Å². The quantitative estimate of drug-likeness (QED) is 0.212. The third-order valence-electron chi connectivity index (χ3n) is 2.99. The van der Waals surface area contributed by atoms with E-state index in [1.54, 1.807) is 6.26 Å². The average molecular weight is 378 g/mol. The molecule has 0 fully saturated rings. The smallest absolute Gasteiger partial charge is 0.326 e. The van der Waals surface area contributed by atoms with Crippen LogP contribution in [-0.4, -0.2) is 70.0 Å². The van der Waals surface area contributed by atoms with Crippen LogP contribution < -0.4 is 22.1 Å². The highest BCUT2D eigenvalue weighted by Gasteiger charge is 2.29. The van der Waals surface area contributed by atoms with Gasteiger partial charge < -0.3 is 32.3 Å². The van der Waals surface area contributed by atoms with Gasteiger partial charge in [0, 0.05) is 0 Å². The first kappa shape index (κ1) is 22.7. The molecule has 25 heavy (non-hydrogen) atoms. The Morgan fingerprint density at radius 2 is 1.56 bits per heavy atom. The van der Waals surface area contributed by atoms with Crippen molar-refractivity contribution >= 4 is 41.4 Å². The van der Waals surface area contributed by atoms with Gasteiger partial charge in [-0.1, -0.05) is 0 Å². The van der Waals surface area contributed by atoms with Gasteiger partial charge in [0.05, 0.1) is 18.9 Å². The molecule has 0 aliphatic heterocycles. The Kier molecular flexibility index (Phi) is 10.2. The van der Waals surface area contributed by atoms with Crippen molar-refractivity contribution < 1.29 is 34.2 Å². The van der Waals surface area contributed by atoms with Crippen LogP contribution in [0.3, 0.4) is 0 Å². The lowest BCUT2D eigenvalue weighted by molar-refractivity contribution is -0.143. The first-order valence-electron chi connectivity index (χ1n) is 7.16. The van der Waals surface area contributed by atoms with Gasteiger partial charge in [-0.05, 0) is 18.4 Å². The number of amides is 3.